The SMILES string of the molecule is CCC(C)CC(C)NC(=O)COc1ccccc1N. The lowest BCUT2D eigenvalue weighted by Gasteiger charge is -2.17. The van der Waals surface area contributed by atoms with Gasteiger partial charge >= 0.3 is 0 Å². The van der Waals surface area contributed by atoms with Crippen LogP contribution < -0.4 is 15.8 Å². The Hall–Kier alpha value is -1.71. The van der Waals surface area contributed by atoms with Crippen molar-refractivity contribution in [1.82, 2.24) is 5.32 Å². The van der Waals surface area contributed by atoms with Gasteiger partial charge in [-0.05, 0) is 31.4 Å². The topological polar surface area (TPSA) is 64.3 Å². The van der Waals surface area contributed by atoms with E-state index in [4.69, 9.17) is 10.5 Å². The molecule has 0 spiro atoms. The van der Waals surface area contributed by atoms with E-state index in [-0.39, 0.29) is 18.6 Å². The van der Waals surface area contributed by atoms with Gasteiger partial charge in [0.1, 0.15) is 5.75 Å². The average molecular weight is 264 g/mol. The van der Waals surface area contributed by atoms with Crippen LogP contribution in [0.3, 0.4) is 0 Å². The molecule has 3 N–H and O–H groups in total. The summed E-state index contributed by atoms with van der Waals surface area (Å²) in [6.45, 7) is 6.35. The number of carbonyl (C=O) groups excluding carboxylic acids is 1. The van der Waals surface area contributed by atoms with E-state index in [1.54, 1.807) is 12.1 Å². The highest BCUT2D eigenvalue weighted by molar-refractivity contribution is 5.78. The van der Waals surface area contributed by atoms with Crippen molar-refractivity contribution >= 4 is 11.6 Å². The average Bonchev–Trinajstić information content (AvgIpc) is 2.37. The zero-order valence-electron chi connectivity index (χ0n) is 12.0. The van der Waals surface area contributed by atoms with Gasteiger partial charge in [0.2, 0.25) is 0 Å². The minimum atomic E-state index is -0.112. The summed E-state index contributed by atoms with van der Waals surface area (Å²) in [6, 6.07) is 7.33. The first-order valence-electron chi connectivity index (χ1n) is 6.79. The number of ether oxygens (including phenoxy) is 1. The fourth-order valence-electron chi connectivity index (χ4n) is 1.90. The highest BCUT2D eigenvalue weighted by atomic mass is 16.5. The van der Waals surface area contributed by atoms with E-state index in [9.17, 15) is 4.79 Å². The smallest absolute Gasteiger partial charge is 0.258 e. The normalized spacial score (nSPS) is 13.6. The van der Waals surface area contributed by atoms with Crippen molar-refractivity contribution in [2.24, 2.45) is 5.92 Å². The number of rotatable bonds is 7. The first-order chi connectivity index (χ1) is 9.02. The molecule has 0 aliphatic heterocycles. The van der Waals surface area contributed by atoms with Crippen molar-refractivity contribution in [2.45, 2.75) is 39.7 Å². The minimum absolute atomic E-state index is 0.000933. The van der Waals surface area contributed by atoms with E-state index >= 15 is 0 Å². The highest BCUT2D eigenvalue weighted by Gasteiger charge is 2.11. The maximum absolute atomic E-state index is 11.7. The molecule has 4 heteroatoms. The molecular formula is C15H24N2O2. The molecule has 1 rings (SSSR count). The van der Waals surface area contributed by atoms with Crippen LogP contribution in [-0.4, -0.2) is 18.6 Å². The first kappa shape index (κ1) is 15.3. The van der Waals surface area contributed by atoms with Gasteiger partial charge in [0.25, 0.3) is 5.91 Å². The van der Waals surface area contributed by atoms with E-state index in [0.29, 0.717) is 17.4 Å². The maximum Gasteiger partial charge on any atom is 0.258 e. The van der Waals surface area contributed by atoms with Crippen molar-refractivity contribution in [2.75, 3.05) is 12.3 Å². The Bertz CT molecular complexity index is 407. The molecule has 1 amide bonds. The van der Waals surface area contributed by atoms with Crippen molar-refractivity contribution < 1.29 is 9.53 Å². The molecule has 2 atom stereocenters. The molecule has 0 bridgehead atoms. The Morgan fingerprint density at radius 1 is 1.37 bits per heavy atom. The predicted molar refractivity (Wildman–Crippen MR) is 78.0 cm³/mol. The zero-order chi connectivity index (χ0) is 14.3. The van der Waals surface area contributed by atoms with Gasteiger partial charge in [-0.25, -0.2) is 0 Å². The fourth-order valence-corrected chi connectivity index (χ4v) is 1.90. The van der Waals surface area contributed by atoms with Gasteiger partial charge in [-0.3, -0.25) is 4.79 Å². The van der Waals surface area contributed by atoms with E-state index in [0.717, 1.165) is 12.8 Å². The van der Waals surface area contributed by atoms with Crippen molar-refractivity contribution in [1.29, 1.82) is 0 Å². The standard InChI is InChI=1S/C15H24N2O2/c1-4-11(2)9-12(3)17-15(18)10-19-14-8-6-5-7-13(14)16/h5-8,11-12H,4,9-10,16H2,1-3H3,(H,17,18). The molecule has 1 aromatic rings. The summed E-state index contributed by atoms with van der Waals surface area (Å²) in [6.07, 6.45) is 2.10. The molecule has 0 saturated carbocycles. The van der Waals surface area contributed by atoms with Gasteiger partial charge in [0, 0.05) is 6.04 Å². The Morgan fingerprint density at radius 3 is 2.68 bits per heavy atom. The molecule has 0 radical (unpaired) electrons. The Kier molecular flexibility index (Phi) is 6.19. The number of para-hydroxylation sites is 2. The fraction of sp³-hybridized carbons (Fsp3) is 0.533. The van der Waals surface area contributed by atoms with Crippen LogP contribution in [0.5, 0.6) is 5.75 Å². The summed E-state index contributed by atoms with van der Waals surface area (Å²) < 4.78 is 5.39. The molecule has 0 aromatic heterocycles. The second kappa shape index (κ2) is 7.67. The highest BCUT2D eigenvalue weighted by Crippen LogP contribution is 2.19. The van der Waals surface area contributed by atoms with Gasteiger partial charge < -0.3 is 15.8 Å². The number of hydrogen-bond donors (Lipinski definition) is 2. The van der Waals surface area contributed by atoms with Crippen LogP contribution in [0.2, 0.25) is 0 Å². The summed E-state index contributed by atoms with van der Waals surface area (Å²) in [5, 5.41) is 2.93. The van der Waals surface area contributed by atoms with E-state index in [2.05, 4.69) is 19.2 Å². The van der Waals surface area contributed by atoms with Gasteiger partial charge in [-0.15, -0.1) is 0 Å². The van der Waals surface area contributed by atoms with Crippen LogP contribution >= 0.6 is 0 Å². The number of benzene rings is 1. The molecular weight excluding hydrogens is 240 g/mol. The molecule has 4 nitrogen and oxygen atoms in total. The molecule has 19 heavy (non-hydrogen) atoms. The van der Waals surface area contributed by atoms with E-state index in [1.165, 1.54) is 0 Å². The monoisotopic (exact) mass is 264 g/mol. The minimum Gasteiger partial charge on any atom is -0.482 e. The molecule has 2 unspecified atom stereocenters. The van der Waals surface area contributed by atoms with Crippen LogP contribution in [0.15, 0.2) is 24.3 Å². The quantitative estimate of drug-likeness (QED) is 0.744. The second-order valence-electron chi connectivity index (χ2n) is 5.04. The lowest BCUT2D eigenvalue weighted by atomic mass is 10.0. The van der Waals surface area contributed by atoms with Gasteiger partial charge in [-0.1, -0.05) is 32.4 Å². The Balaban J connectivity index is 2.34. The zero-order valence-corrected chi connectivity index (χ0v) is 12.0. The van der Waals surface area contributed by atoms with Crippen LogP contribution in [0.25, 0.3) is 0 Å². The summed E-state index contributed by atoms with van der Waals surface area (Å²) in [5.41, 5.74) is 6.28. The van der Waals surface area contributed by atoms with Crippen molar-refractivity contribution in [3.05, 3.63) is 24.3 Å². The molecule has 0 fully saturated rings. The number of nitrogen functional groups attached to an aromatic ring is 1. The summed E-state index contributed by atoms with van der Waals surface area (Å²) in [7, 11) is 0. The number of nitrogens with one attached hydrogen (secondary N) is 1. The van der Waals surface area contributed by atoms with Gasteiger partial charge in [0.05, 0.1) is 5.69 Å². The van der Waals surface area contributed by atoms with Gasteiger partial charge in [-0.2, -0.15) is 0 Å². The molecule has 106 valence electrons. The number of anilines is 1. The first-order valence-corrected chi connectivity index (χ1v) is 6.79. The number of carbonyl (C=O) groups is 1. The Labute approximate surface area is 115 Å². The largest absolute Gasteiger partial charge is 0.482 e. The maximum atomic E-state index is 11.7. The van der Waals surface area contributed by atoms with Crippen LogP contribution in [0, 0.1) is 5.92 Å². The van der Waals surface area contributed by atoms with Gasteiger partial charge in [0.15, 0.2) is 6.61 Å². The number of amides is 1. The molecule has 0 aliphatic rings. The third-order valence-electron chi connectivity index (χ3n) is 3.14. The van der Waals surface area contributed by atoms with E-state index < -0.39 is 0 Å². The van der Waals surface area contributed by atoms with Crippen LogP contribution in [0.1, 0.15) is 33.6 Å². The Morgan fingerprint density at radius 2 is 2.05 bits per heavy atom. The van der Waals surface area contributed by atoms with Crippen molar-refractivity contribution in [3.8, 4) is 5.75 Å². The third-order valence-corrected chi connectivity index (χ3v) is 3.14. The van der Waals surface area contributed by atoms with E-state index in [1.807, 2.05) is 19.1 Å². The second-order valence-corrected chi connectivity index (χ2v) is 5.04. The van der Waals surface area contributed by atoms with Crippen LogP contribution in [0.4, 0.5) is 5.69 Å². The molecule has 1 aromatic carbocycles. The van der Waals surface area contributed by atoms with Crippen molar-refractivity contribution in [3.63, 3.8) is 0 Å². The van der Waals surface area contributed by atoms with Crippen LogP contribution in [-0.2, 0) is 4.79 Å². The predicted octanol–water partition coefficient (Wildman–Crippen LogP) is 2.59. The molecule has 0 saturated heterocycles. The summed E-state index contributed by atoms with van der Waals surface area (Å²) in [5.74, 6) is 1.05. The summed E-state index contributed by atoms with van der Waals surface area (Å²) >= 11 is 0. The lowest BCUT2D eigenvalue weighted by Crippen LogP contribution is -2.37. The third kappa shape index (κ3) is 5.64. The molecule has 0 aliphatic carbocycles. The lowest BCUT2D eigenvalue weighted by molar-refractivity contribution is -0.123. The number of nitrogens with two attached hydrogens (primary N) is 1. The number of hydrogen-bond acceptors (Lipinski definition) is 3. The molecule has 0 heterocycles. The summed E-state index contributed by atoms with van der Waals surface area (Å²) in [4.78, 5) is 11.7.